The Kier molecular flexibility index (Phi) is 4.47. The lowest BCUT2D eigenvalue weighted by molar-refractivity contribution is -0.202. The molecular formula is C9H13F3N2O3. The first-order chi connectivity index (χ1) is 7.79. The van der Waals surface area contributed by atoms with Gasteiger partial charge in [-0.3, -0.25) is 9.69 Å². The predicted molar refractivity (Wildman–Crippen MR) is 51.1 cm³/mol. The van der Waals surface area contributed by atoms with Gasteiger partial charge in [-0.25, -0.2) is 4.79 Å². The third-order valence-electron chi connectivity index (χ3n) is 2.24. The molecule has 0 aromatic carbocycles. The average molecular weight is 254 g/mol. The summed E-state index contributed by atoms with van der Waals surface area (Å²) in [5.41, 5.74) is 0. The monoisotopic (exact) mass is 254 g/mol. The van der Waals surface area contributed by atoms with Gasteiger partial charge in [0.2, 0.25) is 0 Å². The molecule has 0 spiro atoms. The van der Waals surface area contributed by atoms with E-state index in [4.69, 9.17) is 0 Å². The second-order valence-electron chi connectivity index (χ2n) is 3.85. The minimum absolute atomic E-state index is 0.148. The predicted octanol–water partition coefficient (Wildman–Crippen LogP) is -0.0878. The molecule has 1 aliphatic heterocycles. The Labute approximate surface area is 95.9 Å². The largest absolute Gasteiger partial charge is 0.491 e. The molecule has 0 amide bonds. The normalized spacial score (nSPS) is 22.2. The summed E-state index contributed by atoms with van der Waals surface area (Å²) in [4.78, 5) is 23.1. The number of hydrogen-bond acceptors (Lipinski definition) is 5. The van der Waals surface area contributed by atoms with Gasteiger partial charge in [-0.15, -0.1) is 0 Å². The number of carbonyl (C=O) groups excluding carboxylic acids is 2. The molecule has 1 aliphatic rings. The van der Waals surface area contributed by atoms with Crippen LogP contribution in [0.5, 0.6) is 0 Å². The maximum Gasteiger partial charge on any atom is 0.491 e. The highest BCUT2D eigenvalue weighted by Gasteiger charge is 2.42. The summed E-state index contributed by atoms with van der Waals surface area (Å²) in [7, 11) is 0. The van der Waals surface area contributed by atoms with Crippen LogP contribution in [0.4, 0.5) is 13.2 Å². The first-order valence-corrected chi connectivity index (χ1v) is 5.06. The number of nitrogens with zero attached hydrogens (tertiary/aromatic N) is 1. The molecular weight excluding hydrogens is 241 g/mol. The average Bonchev–Trinajstić information content (AvgIpc) is 2.15. The smallest absolute Gasteiger partial charge is 0.385 e. The van der Waals surface area contributed by atoms with Crippen LogP contribution in [0, 0.1) is 0 Å². The first kappa shape index (κ1) is 13.9. The zero-order valence-corrected chi connectivity index (χ0v) is 9.21. The Bertz CT molecular complexity index is 306. The minimum Gasteiger partial charge on any atom is -0.385 e. The number of rotatable bonds is 2. The highest BCUT2D eigenvalue weighted by molar-refractivity contribution is 5.89. The molecule has 1 N–H and O–H groups in total. The molecule has 1 unspecified atom stereocenters. The van der Waals surface area contributed by atoms with Crippen molar-refractivity contribution in [2.24, 2.45) is 0 Å². The third kappa shape index (κ3) is 4.70. The maximum absolute atomic E-state index is 11.8. The van der Waals surface area contributed by atoms with Crippen molar-refractivity contribution in [1.29, 1.82) is 0 Å². The van der Waals surface area contributed by atoms with E-state index in [9.17, 15) is 22.8 Å². The summed E-state index contributed by atoms with van der Waals surface area (Å²) < 4.78 is 39.1. The molecule has 1 fully saturated rings. The molecule has 0 bridgehead atoms. The summed E-state index contributed by atoms with van der Waals surface area (Å²) in [6.07, 6.45) is -5.13. The summed E-state index contributed by atoms with van der Waals surface area (Å²) in [5.74, 6) is -3.65. The Morgan fingerprint density at radius 1 is 1.47 bits per heavy atom. The molecule has 1 heterocycles. The summed E-state index contributed by atoms with van der Waals surface area (Å²) >= 11 is 0. The topological polar surface area (TPSA) is 58.6 Å². The quantitative estimate of drug-likeness (QED) is 0.551. The molecule has 0 saturated carbocycles. The lowest BCUT2D eigenvalue weighted by Gasteiger charge is -2.30. The van der Waals surface area contributed by atoms with Crippen LogP contribution in [0.3, 0.4) is 0 Å². The number of esters is 2. The van der Waals surface area contributed by atoms with Crippen molar-refractivity contribution in [2.75, 3.05) is 26.2 Å². The van der Waals surface area contributed by atoms with E-state index in [1.165, 1.54) is 0 Å². The van der Waals surface area contributed by atoms with Gasteiger partial charge in [-0.2, -0.15) is 13.2 Å². The lowest BCUT2D eigenvalue weighted by atomic mass is 10.2. The van der Waals surface area contributed by atoms with Gasteiger partial charge in [0.1, 0.15) is 0 Å². The van der Waals surface area contributed by atoms with Crippen LogP contribution >= 0.6 is 0 Å². The molecule has 0 aromatic rings. The van der Waals surface area contributed by atoms with E-state index in [0.29, 0.717) is 19.6 Å². The van der Waals surface area contributed by atoms with Crippen LogP contribution in [-0.2, 0) is 14.3 Å². The number of hydrogen-bond donors (Lipinski definition) is 1. The third-order valence-corrected chi connectivity index (χ3v) is 2.24. The fourth-order valence-electron chi connectivity index (χ4n) is 1.53. The van der Waals surface area contributed by atoms with Crippen molar-refractivity contribution in [1.82, 2.24) is 10.2 Å². The highest BCUT2D eigenvalue weighted by atomic mass is 19.4. The number of alkyl halides is 3. The minimum atomic E-state index is -5.13. The molecule has 5 nitrogen and oxygen atoms in total. The van der Waals surface area contributed by atoms with Gasteiger partial charge >= 0.3 is 18.1 Å². The summed E-state index contributed by atoms with van der Waals surface area (Å²) in [5, 5.41) is 3.11. The van der Waals surface area contributed by atoms with Gasteiger partial charge in [-0.05, 0) is 6.92 Å². The van der Waals surface area contributed by atoms with Crippen molar-refractivity contribution in [3.63, 3.8) is 0 Å². The first-order valence-electron chi connectivity index (χ1n) is 5.06. The number of nitrogens with one attached hydrogen (secondary N) is 1. The zero-order valence-electron chi connectivity index (χ0n) is 9.21. The van der Waals surface area contributed by atoms with E-state index in [1.54, 1.807) is 4.90 Å². The van der Waals surface area contributed by atoms with Crippen molar-refractivity contribution in [2.45, 2.75) is 19.1 Å². The number of halogens is 3. The molecule has 17 heavy (non-hydrogen) atoms. The van der Waals surface area contributed by atoms with Gasteiger partial charge in [0.25, 0.3) is 0 Å². The fraction of sp³-hybridized carbons (Fsp3) is 0.778. The van der Waals surface area contributed by atoms with Crippen LogP contribution in [-0.4, -0.2) is 55.2 Å². The molecule has 0 radical (unpaired) electrons. The SMILES string of the molecule is CC1CN(CC(=O)OC(=O)C(F)(F)F)CCN1. The van der Waals surface area contributed by atoms with Crippen molar-refractivity contribution >= 4 is 11.9 Å². The molecule has 0 aromatic heterocycles. The van der Waals surface area contributed by atoms with Gasteiger partial charge in [0.05, 0.1) is 6.54 Å². The van der Waals surface area contributed by atoms with Crippen LogP contribution < -0.4 is 5.32 Å². The molecule has 0 aliphatic carbocycles. The molecule has 1 rings (SSSR count). The summed E-state index contributed by atoms with van der Waals surface area (Å²) in [6.45, 7) is 3.27. The van der Waals surface area contributed by atoms with Gasteiger partial charge < -0.3 is 10.1 Å². The standard InChI is InChI=1S/C9H13F3N2O3/c1-6-4-14(3-2-13-6)5-7(15)17-8(16)9(10,11)12/h6,13H,2-5H2,1H3. The molecule has 8 heteroatoms. The fourth-order valence-corrected chi connectivity index (χ4v) is 1.53. The van der Waals surface area contributed by atoms with Gasteiger partial charge in [0, 0.05) is 25.7 Å². The lowest BCUT2D eigenvalue weighted by Crippen LogP contribution is -2.51. The van der Waals surface area contributed by atoms with E-state index in [2.05, 4.69) is 10.1 Å². The van der Waals surface area contributed by atoms with Crippen molar-refractivity contribution in [3.05, 3.63) is 0 Å². The van der Waals surface area contributed by atoms with E-state index in [1.807, 2.05) is 6.92 Å². The Morgan fingerprint density at radius 2 is 2.12 bits per heavy atom. The number of carbonyl (C=O) groups is 2. The molecule has 98 valence electrons. The zero-order chi connectivity index (χ0) is 13.1. The second-order valence-corrected chi connectivity index (χ2v) is 3.85. The summed E-state index contributed by atoms with van der Waals surface area (Å²) in [6, 6.07) is 0.148. The Morgan fingerprint density at radius 3 is 2.65 bits per heavy atom. The van der Waals surface area contributed by atoms with E-state index in [-0.39, 0.29) is 12.6 Å². The number of piperazine rings is 1. The van der Waals surface area contributed by atoms with Gasteiger partial charge in [-0.1, -0.05) is 0 Å². The molecule has 1 atom stereocenters. The van der Waals surface area contributed by atoms with E-state index < -0.39 is 18.1 Å². The van der Waals surface area contributed by atoms with E-state index in [0.717, 1.165) is 0 Å². The Balaban J connectivity index is 2.37. The van der Waals surface area contributed by atoms with Crippen molar-refractivity contribution in [3.8, 4) is 0 Å². The van der Waals surface area contributed by atoms with Gasteiger partial charge in [0.15, 0.2) is 0 Å². The van der Waals surface area contributed by atoms with Crippen LogP contribution in [0.1, 0.15) is 6.92 Å². The Hall–Kier alpha value is -1.15. The van der Waals surface area contributed by atoms with Crippen LogP contribution in [0.25, 0.3) is 0 Å². The maximum atomic E-state index is 11.8. The van der Waals surface area contributed by atoms with E-state index >= 15 is 0 Å². The number of ether oxygens (including phenoxy) is 1. The highest BCUT2D eigenvalue weighted by Crippen LogP contribution is 2.16. The second kappa shape index (κ2) is 5.46. The van der Waals surface area contributed by atoms with Crippen LogP contribution in [0.2, 0.25) is 0 Å². The van der Waals surface area contributed by atoms with Crippen LogP contribution in [0.15, 0.2) is 0 Å². The molecule has 1 saturated heterocycles. The van der Waals surface area contributed by atoms with Crippen molar-refractivity contribution < 1.29 is 27.5 Å².